The Balaban J connectivity index is 2.33. The third-order valence-corrected chi connectivity index (χ3v) is 2.34. The van der Waals surface area contributed by atoms with E-state index in [9.17, 15) is 0 Å². The minimum atomic E-state index is 0.0474. The van der Waals surface area contributed by atoms with Crippen molar-refractivity contribution in [3.05, 3.63) is 0 Å². The molecule has 1 fully saturated rings. The van der Waals surface area contributed by atoms with Gasteiger partial charge in [0.25, 0.3) is 0 Å². The molecular formula is C8H16O2. The van der Waals surface area contributed by atoms with Crippen molar-refractivity contribution >= 4 is 0 Å². The van der Waals surface area contributed by atoms with Crippen LogP contribution in [0.4, 0.5) is 0 Å². The molecule has 60 valence electrons. The van der Waals surface area contributed by atoms with E-state index >= 15 is 0 Å². The van der Waals surface area contributed by atoms with Crippen LogP contribution >= 0.6 is 0 Å². The first-order chi connectivity index (χ1) is 4.74. The summed E-state index contributed by atoms with van der Waals surface area (Å²) in [6, 6.07) is 0. The molecule has 0 saturated carbocycles. The monoisotopic (exact) mass is 144 g/mol. The van der Waals surface area contributed by atoms with Gasteiger partial charge in [-0.3, -0.25) is 0 Å². The molecule has 2 heteroatoms. The molecule has 0 unspecified atom stereocenters. The van der Waals surface area contributed by atoms with Crippen molar-refractivity contribution in [3.8, 4) is 0 Å². The molecular weight excluding hydrogens is 128 g/mol. The smallest absolute Gasteiger partial charge is 0.157 e. The number of hydrogen-bond acceptors (Lipinski definition) is 2. The van der Waals surface area contributed by atoms with Crippen LogP contribution in [-0.2, 0) is 9.47 Å². The second kappa shape index (κ2) is 3.35. The van der Waals surface area contributed by atoms with Gasteiger partial charge in [-0.05, 0) is 11.8 Å². The number of methoxy groups -OCH3 is 1. The van der Waals surface area contributed by atoms with Gasteiger partial charge in [0.15, 0.2) is 6.29 Å². The van der Waals surface area contributed by atoms with Crippen LogP contribution in [0.3, 0.4) is 0 Å². The van der Waals surface area contributed by atoms with Gasteiger partial charge in [0.2, 0.25) is 0 Å². The Morgan fingerprint density at radius 2 is 2.00 bits per heavy atom. The molecule has 1 aliphatic heterocycles. The lowest BCUT2D eigenvalue weighted by atomic mass is 9.91. The lowest BCUT2D eigenvalue weighted by molar-refractivity contribution is -0.171. The minimum absolute atomic E-state index is 0.0474. The summed E-state index contributed by atoms with van der Waals surface area (Å²) in [7, 11) is 1.70. The van der Waals surface area contributed by atoms with E-state index in [0.717, 1.165) is 18.9 Å². The zero-order valence-corrected chi connectivity index (χ0v) is 6.96. The van der Waals surface area contributed by atoms with E-state index in [0.29, 0.717) is 5.92 Å². The Hall–Kier alpha value is -0.0800. The highest BCUT2D eigenvalue weighted by atomic mass is 16.7. The first-order valence-electron chi connectivity index (χ1n) is 3.88. The van der Waals surface area contributed by atoms with Crippen molar-refractivity contribution in [3.63, 3.8) is 0 Å². The summed E-state index contributed by atoms with van der Waals surface area (Å²) in [5.41, 5.74) is 0. The summed E-state index contributed by atoms with van der Waals surface area (Å²) in [5, 5.41) is 0. The van der Waals surface area contributed by atoms with Crippen LogP contribution in [0.2, 0.25) is 0 Å². The molecule has 3 atom stereocenters. The quantitative estimate of drug-likeness (QED) is 0.557. The molecule has 0 aromatic heterocycles. The summed E-state index contributed by atoms with van der Waals surface area (Å²) in [4.78, 5) is 0. The number of ether oxygens (including phenoxy) is 2. The fourth-order valence-electron chi connectivity index (χ4n) is 1.19. The van der Waals surface area contributed by atoms with Crippen LogP contribution in [-0.4, -0.2) is 20.0 Å². The molecule has 1 rings (SSSR count). The third kappa shape index (κ3) is 1.70. The number of hydrogen-bond donors (Lipinski definition) is 0. The maximum atomic E-state index is 5.39. The molecule has 0 aliphatic carbocycles. The van der Waals surface area contributed by atoms with E-state index in [1.807, 2.05) is 0 Å². The van der Waals surface area contributed by atoms with Gasteiger partial charge in [-0.15, -0.1) is 0 Å². The van der Waals surface area contributed by atoms with Crippen molar-refractivity contribution in [1.29, 1.82) is 0 Å². The zero-order valence-electron chi connectivity index (χ0n) is 6.96. The molecule has 0 amide bonds. The highest BCUT2D eigenvalue weighted by Crippen LogP contribution is 2.24. The van der Waals surface area contributed by atoms with E-state index in [1.165, 1.54) is 0 Å². The fraction of sp³-hybridized carbons (Fsp3) is 1.00. The van der Waals surface area contributed by atoms with Crippen molar-refractivity contribution in [1.82, 2.24) is 0 Å². The van der Waals surface area contributed by atoms with E-state index in [-0.39, 0.29) is 6.29 Å². The standard InChI is InChI=1S/C8H16O2/c1-6-4-8(9-3)10-5-7(6)2/h6-8H,4-5H2,1-3H3/t6-,7+,8-/m1/s1. The van der Waals surface area contributed by atoms with Crippen molar-refractivity contribution in [2.45, 2.75) is 26.6 Å². The van der Waals surface area contributed by atoms with Gasteiger partial charge < -0.3 is 9.47 Å². The lowest BCUT2D eigenvalue weighted by Crippen LogP contribution is -2.31. The van der Waals surface area contributed by atoms with Crippen LogP contribution in [0.15, 0.2) is 0 Å². The first kappa shape index (κ1) is 8.02. The van der Waals surface area contributed by atoms with E-state index in [1.54, 1.807) is 7.11 Å². The van der Waals surface area contributed by atoms with Gasteiger partial charge in [0.05, 0.1) is 6.61 Å². The van der Waals surface area contributed by atoms with Crippen molar-refractivity contribution in [2.75, 3.05) is 13.7 Å². The second-order valence-electron chi connectivity index (χ2n) is 3.19. The van der Waals surface area contributed by atoms with Crippen molar-refractivity contribution < 1.29 is 9.47 Å². The Labute approximate surface area is 62.5 Å². The predicted octanol–water partition coefficient (Wildman–Crippen LogP) is 1.65. The normalized spacial score (nSPS) is 41.7. The Morgan fingerprint density at radius 3 is 2.50 bits per heavy atom. The topological polar surface area (TPSA) is 18.5 Å². The van der Waals surface area contributed by atoms with Gasteiger partial charge in [0.1, 0.15) is 0 Å². The summed E-state index contributed by atoms with van der Waals surface area (Å²) in [6.45, 7) is 5.31. The fourth-order valence-corrected chi connectivity index (χ4v) is 1.19. The SMILES string of the molecule is CO[C@H]1C[C@@H](C)[C@@H](C)CO1. The summed E-state index contributed by atoms with van der Waals surface area (Å²) < 4.78 is 10.5. The molecule has 0 spiro atoms. The van der Waals surface area contributed by atoms with Crippen LogP contribution < -0.4 is 0 Å². The van der Waals surface area contributed by atoms with Crippen molar-refractivity contribution in [2.24, 2.45) is 11.8 Å². The molecule has 1 saturated heterocycles. The molecule has 0 N–H and O–H groups in total. The Kier molecular flexibility index (Phi) is 2.69. The zero-order chi connectivity index (χ0) is 7.56. The number of rotatable bonds is 1. The molecule has 2 nitrogen and oxygen atoms in total. The molecule has 0 bridgehead atoms. The first-order valence-corrected chi connectivity index (χ1v) is 3.88. The average molecular weight is 144 g/mol. The largest absolute Gasteiger partial charge is 0.356 e. The van der Waals surface area contributed by atoms with E-state index in [2.05, 4.69) is 13.8 Å². The summed E-state index contributed by atoms with van der Waals surface area (Å²) >= 11 is 0. The lowest BCUT2D eigenvalue weighted by Gasteiger charge is -2.31. The Bertz CT molecular complexity index is 103. The minimum Gasteiger partial charge on any atom is -0.356 e. The molecule has 10 heavy (non-hydrogen) atoms. The van der Waals surface area contributed by atoms with Crippen LogP contribution in [0, 0.1) is 11.8 Å². The van der Waals surface area contributed by atoms with Crippen LogP contribution in [0.5, 0.6) is 0 Å². The highest BCUT2D eigenvalue weighted by Gasteiger charge is 2.24. The van der Waals surface area contributed by atoms with Crippen LogP contribution in [0.25, 0.3) is 0 Å². The molecule has 0 aromatic carbocycles. The van der Waals surface area contributed by atoms with E-state index in [4.69, 9.17) is 9.47 Å². The van der Waals surface area contributed by atoms with Crippen LogP contribution in [0.1, 0.15) is 20.3 Å². The second-order valence-corrected chi connectivity index (χ2v) is 3.19. The summed E-state index contributed by atoms with van der Waals surface area (Å²) in [6.07, 6.45) is 1.09. The van der Waals surface area contributed by atoms with Gasteiger partial charge >= 0.3 is 0 Å². The molecule has 1 aliphatic rings. The molecule has 0 aromatic rings. The summed E-state index contributed by atoms with van der Waals surface area (Å²) in [5.74, 6) is 1.42. The average Bonchev–Trinajstić information content (AvgIpc) is 1.95. The Morgan fingerprint density at radius 1 is 1.30 bits per heavy atom. The van der Waals surface area contributed by atoms with Gasteiger partial charge in [-0.1, -0.05) is 13.8 Å². The van der Waals surface area contributed by atoms with E-state index < -0.39 is 0 Å². The predicted molar refractivity (Wildman–Crippen MR) is 39.7 cm³/mol. The maximum Gasteiger partial charge on any atom is 0.157 e. The third-order valence-electron chi connectivity index (χ3n) is 2.34. The molecule has 0 radical (unpaired) electrons. The maximum absolute atomic E-state index is 5.39. The highest BCUT2D eigenvalue weighted by molar-refractivity contribution is 4.68. The van der Waals surface area contributed by atoms with Gasteiger partial charge in [-0.25, -0.2) is 0 Å². The molecule has 1 heterocycles. The van der Waals surface area contributed by atoms with Gasteiger partial charge in [0, 0.05) is 13.5 Å². The van der Waals surface area contributed by atoms with Gasteiger partial charge in [-0.2, -0.15) is 0 Å².